The topological polar surface area (TPSA) is 58.7 Å². The van der Waals surface area contributed by atoms with Gasteiger partial charge in [-0.2, -0.15) is 0 Å². The van der Waals surface area contributed by atoms with Gasteiger partial charge >= 0.3 is 0 Å². The molecule has 0 saturated carbocycles. The zero-order valence-corrected chi connectivity index (χ0v) is 14.5. The summed E-state index contributed by atoms with van der Waals surface area (Å²) in [5.74, 6) is -0.432. The van der Waals surface area contributed by atoms with Crippen LogP contribution in [-0.2, 0) is 4.79 Å². The number of hydrogen-bond acceptors (Lipinski definition) is 4. The lowest BCUT2D eigenvalue weighted by Crippen LogP contribution is -2.37. The van der Waals surface area contributed by atoms with Gasteiger partial charge in [0, 0.05) is 5.41 Å². The molecule has 124 valence electrons. The van der Waals surface area contributed by atoms with Crippen LogP contribution in [0.4, 0.5) is 0 Å². The molecule has 1 amide bonds. The number of nitrogens with two attached hydrogens (primary N) is 1. The van der Waals surface area contributed by atoms with Gasteiger partial charge in [0.25, 0.3) is 0 Å². The maximum Gasteiger partial charge on any atom is 0.248 e. The van der Waals surface area contributed by atoms with Crippen molar-refractivity contribution in [2.45, 2.75) is 13.0 Å². The van der Waals surface area contributed by atoms with Gasteiger partial charge in [-0.05, 0) is 18.1 Å². The quantitative estimate of drug-likeness (QED) is 0.916. The number of nitrogens with zero attached hydrogens (tertiary/aromatic N) is 2. The van der Waals surface area contributed by atoms with Crippen LogP contribution in [-0.4, -0.2) is 16.0 Å². The van der Waals surface area contributed by atoms with E-state index < -0.39 is 5.91 Å². The minimum atomic E-state index is -0.432. The van der Waals surface area contributed by atoms with Crippen LogP contribution in [0.15, 0.2) is 82.3 Å². The molecule has 0 fully saturated rings. The number of allylic oxidation sites excluding steroid dienone is 1. The Bertz CT molecular complexity index is 916. The second-order valence-electron chi connectivity index (χ2n) is 5.93. The number of carbonyl (C=O) groups excluding carboxylic acids is 1. The number of primary amides is 1. The molecule has 2 heterocycles. The number of hydrogen-bond donors (Lipinski definition) is 1. The van der Waals surface area contributed by atoms with Crippen LogP contribution in [0.1, 0.15) is 24.1 Å². The van der Waals surface area contributed by atoms with Crippen molar-refractivity contribution in [3.63, 3.8) is 0 Å². The van der Waals surface area contributed by atoms with Crippen molar-refractivity contribution in [1.29, 1.82) is 0 Å². The number of amides is 1. The van der Waals surface area contributed by atoms with Gasteiger partial charge in [0.15, 0.2) is 5.17 Å². The minimum absolute atomic E-state index is 0.271. The number of benzene rings is 2. The third-order valence-corrected chi connectivity index (χ3v) is 5.22. The Kier molecular flexibility index (Phi) is 3.93. The first-order valence-corrected chi connectivity index (χ1v) is 8.90. The van der Waals surface area contributed by atoms with E-state index in [0.29, 0.717) is 11.3 Å². The minimum Gasteiger partial charge on any atom is -0.366 e. The van der Waals surface area contributed by atoms with Crippen molar-refractivity contribution in [3.05, 3.63) is 88.5 Å². The summed E-state index contributed by atoms with van der Waals surface area (Å²) in [6.45, 7) is 1.85. The van der Waals surface area contributed by atoms with E-state index in [1.807, 2.05) is 55.5 Å². The molecule has 2 aliphatic heterocycles. The number of amidine groups is 1. The predicted octanol–water partition coefficient (Wildman–Crippen LogP) is 3.90. The molecular weight excluding hydrogens is 330 g/mol. The van der Waals surface area contributed by atoms with Crippen molar-refractivity contribution in [2.75, 3.05) is 0 Å². The summed E-state index contributed by atoms with van der Waals surface area (Å²) in [5.41, 5.74) is 10.1. The molecule has 25 heavy (non-hydrogen) atoms. The van der Waals surface area contributed by atoms with E-state index in [4.69, 9.17) is 5.73 Å². The van der Waals surface area contributed by atoms with E-state index in [1.165, 1.54) is 0 Å². The van der Waals surface area contributed by atoms with Crippen LogP contribution < -0.4 is 5.73 Å². The van der Waals surface area contributed by atoms with Gasteiger partial charge < -0.3 is 10.6 Å². The zero-order chi connectivity index (χ0) is 17.4. The highest BCUT2D eigenvalue weighted by Crippen LogP contribution is 2.46. The molecule has 0 aliphatic carbocycles. The molecule has 0 bridgehead atoms. The van der Waals surface area contributed by atoms with Crippen LogP contribution >= 0.6 is 11.8 Å². The smallest absolute Gasteiger partial charge is 0.248 e. The molecule has 2 aromatic carbocycles. The first-order valence-electron chi connectivity index (χ1n) is 8.02. The fraction of sp³-hybridized carbons (Fsp3) is 0.100. The van der Waals surface area contributed by atoms with Gasteiger partial charge in [0.05, 0.1) is 23.0 Å². The number of thioether (sulfide) groups is 1. The van der Waals surface area contributed by atoms with E-state index >= 15 is 0 Å². The van der Waals surface area contributed by atoms with E-state index in [9.17, 15) is 4.79 Å². The van der Waals surface area contributed by atoms with Crippen molar-refractivity contribution >= 4 is 28.5 Å². The second kappa shape index (κ2) is 6.26. The van der Waals surface area contributed by atoms with E-state index in [1.54, 1.807) is 11.8 Å². The summed E-state index contributed by atoms with van der Waals surface area (Å²) >= 11 is 1.57. The molecular formula is C20H17N3OS. The lowest BCUT2D eigenvalue weighted by Gasteiger charge is -2.36. The zero-order valence-electron chi connectivity index (χ0n) is 13.7. The standard InChI is InChI=1S/C20H17N3OS/c1-13-17(19(21)24)18(15-10-6-3-7-11-15)23-16(12-25-20(23)22-13)14-8-4-2-5-9-14/h2-12,18H,1H3,(H2,21,24)/t18-/m1/s1. The average molecular weight is 347 g/mol. The molecule has 1 atom stereocenters. The first-order chi connectivity index (χ1) is 12.2. The predicted molar refractivity (Wildman–Crippen MR) is 102 cm³/mol. The van der Waals surface area contributed by atoms with Gasteiger partial charge in [0.2, 0.25) is 5.91 Å². The molecule has 0 radical (unpaired) electrons. The number of fused-ring (bicyclic) bond motifs is 1. The van der Waals surface area contributed by atoms with Crippen LogP contribution in [0.25, 0.3) is 5.70 Å². The van der Waals surface area contributed by atoms with Crippen molar-refractivity contribution in [1.82, 2.24) is 4.90 Å². The average Bonchev–Trinajstić information content (AvgIpc) is 3.05. The molecule has 0 unspecified atom stereocenters. The number of carbonyl (C=O) groups is 1. The summed E-state index contributed by atoms with van der Waals surface area (Å²) in [5, 5.41) is 2.96. The fourth-order valence-electron chi connectivity index (χ4n) is 3.27. The maximum atomic E-state index is 12.2. The van der Waals surface area contributed by atoms with Gasteiger partial charge in [-0.25, -0.2) is 4.99 Å². The highest BCUT2D eigenvalue weighted by Gasteiger charge is 2.39. The molecule has 2 N–H and O–H groups in total. The molecule has 4 nitrogen and oxygen atoms in total. The largest absolute Gasteiger partial charge is 0.366 e. The van der Waals surface area contributed by atoms with Crippen molar-refractivity contribution in [3.8, 4) is 0 Å². The molecule has 0 saturated heterocycles. The summed E-state index contributed by atoms with van der Waals surface area (Å²) in [7, 11) is 0. The van der Waals surface area contributed by atoms with Crippen LogP contribution in [0.2, 0.25) is 0 Å². The van der Waals surface area contributed by atoms with Gasteiger partial charge in [0.1, 0.15) is 0 Å². The van der Waals surface area contributed by atoms with E-state index in [-0.39, 0.29) is 6.04 Å². The lowest BCUT2D eigenvalue weighted by molar-refractivity contribution is -0.115. The Balaban J connectivity index is 1.88. The highest BCUT2D eigenvalue weighted by molar-refractivity contribution is 8.16. The Labute approximate surface area is 150 Å². The normalized spacial score (nSPS) is 19.4. The van der Waals surface area contributed by atoms with E-state index in [0.717, 1.165) is 22.0 Å². The van der Waals surface area contributed by atoms with Crippen LogP contribution in [0, 0.1) is 0 Å². The Morgan fingerprint density at radius 3 is 2.36 bits per heavy atom. The Morgan fingerprint density at radius 2 is 1.72 bits per heavy atom. The Hall–Kier alpha value is -2.79. The second-order valence-corrected chi connectivity index (χ2v) is 6.76. The number of rotatable bonds is 3. The number of aliphatic imine (C=N–C) groups is 1. The third kappa shape index (κ3) is 2.66. The first kappa shape index (κ1) is 15.7. The maximum absolute atomic E-state index is 12.2. The fourth-order valence-corrected chi connectivity index (χ4v) is 4.24. The SMILES string of the molecule is CC1=C(C(N)=O)[C@@H](c2ccccc2)N2C(c3ccccc3)=CSC2=N1. The van der Waals surface area contributed by atoms with Crippen LogP contribution in [0.3, 0.4) is 0 Å². The summed E-state index contributed by atoms with van der Waals surface area (Å²) in [6.07, 6.45) is 0. The van der Waals surface area contributed by atoms with Crippen molar-refractivity contribution < 1.29 is 4.79 Å². The Morgan fingerprint density at radius 1 is 1.08 bits per heavy atom. The van der Waals surface area contributed by atoms with Crippen LogP contribution in [0.5, 0.6) is 0 Å². The molecule has 4 rings (SSSR count). The monoisotopic (exact) mass is 347 g/mol. The lowest BCUT2D eigenvalue weighted by atomic mass is 9.93. The summed E-state index contributed by atoms with van der Waals surface area (Å²) in [6, 6.07) is 19.8. The molecule has 0 aromatic heterocycles. The molecule has 2 aliphatic rings. The van der Waals surface area contributed by atoms with Gasteiger partial charge in [-0.1, -0.05) is 72.4 Å². The molecule has 2 aromatic rings. The third-order valence-electron chi connectivity index (χ3n) is 4.38. The molecule has 0 spiro atoms. The molecule has 5 heteroatoms. The van der Waals surface area contributed by atoms with Crippen molar-refractivity contribution in [2.24, 2.45) is 10.7 Å². The van der Waals surface area contributed by atoms with E-state index in [2.05, 4.69) is 27.4 Å². The van der Waals surface area contributed by atoms with Gasteiger partial charge in [-0.15, -0.1) is 0 Å². The van der Waals surface area contributed by atoms with Gasteiger partial charge in [-0.3, -0.25) is 4.79 Å². The summed E-state index contributed by atoms with van der Waals surface area (Å²) in [4.78, 5) is 19.0. The summed E-state index contributed by atoms with van der Waals surface area (Å²) < 4.78 is 0. The highest BCUT2D eigenvalue weighted by atomic mass is 32.2.